The predicted octanol–water partition coefficient (Wildman–Crippen LogP) is 0.564. The molecule has 1 fully saturated rings. The Hall–Kier alpha value is -0.460. The van der Waals surface area contributed by atoms with Crippen molar-refractivity contribution in [2.24, 2.45) is 5.73 Å². The van der Waals surface area contributed by atoms with E-state index >= 15 is 0 Å². The summed E-state index contributed by atoms with van der Waals surface area (Å²) in [5.74, 6) is -0.333. The van der Waals surface area contributed by atoms with Crippen LogP contribution >= 0.6 is 24.2 Å². The fraction of sp³-hybridized carbons (Fsp3) is 0.800. The summed E-state index contributed by atoms with van der Waals surface area (Å²) in [7, 11) is 0. The first-order valence-electron chi connectivity index (χ1n) is 5.35. The van der Waals surface area contributed by atoms with Crippen molar-refractivity contribution in [3.8, 4) is 0 Å². The van der Waals surface area contributed by atoms with Crippen LogP contribution in [0.25, 0.3) is 0 Å². The van der Waals surface area contributed by atoms with Gasteiger partial charge in [-0.2, -0.15) is 11.8 Å². The molecule has 1 rings (SSSR count). The Labute approximate surface area is 112 Å². The van der Waals surface area contributed by atoms with Crippen LogP contribution in [0.4, 0.5) is 0 Å². The fourth-order valence-electron chi connectivity index (χ4n) is 1.87. The van der Waals surface area contributed by atoms with Gasteiger partial charge >= 0.3 is 5.97 Å². The Bertz CT molecular complexity index is 278. The summed E-state index contributed by atoms with van der Waals surface area (Å²) in [4.78, 5) is 24.2. The number of nitrogens with two attached hydrogens (primary N) is 1. The van der Waals surface area contributed by atoms with Crippen molar-refractivity contribution < 1.29 is 14.7 Å². The number of hydrogen-bond acceptors (Lipinski definition) is 4. The van der Waals surface area contributed by atoms with E-state index in [-0.39, 0.29) is 18.3 Å². The maximum absolute atomic E-state index is 11.9. The fourth-order valence-corrected chi connectivity index (χ4v) is 2.36. The molecule has 7 heteroatoms. The third-order valence-corrected chi connectivity index (χ3v) is 3.42. The van der Waals surface area contributed by atoms with E-state index in [1.54, 1.807) is 11.8 Å². The van der Waals surface area contributed by atoms with E-state index in [0.717, 1.165) is 12.2 Å². The molecular weight excluding hydrogens is 264 g/mol. The highest BCUT2D eigenvalue weighted by Crippen LogP contribution is 2.18. The van der Waals surface area contributed by atoms with Crippen molar-refractivity contribution in [3.63, 3.8) is 0 Å². The lowest BCUT2D eigenvalue weighted by Crippen LogP contribution is -2.48. The maximum Gasteiger partial charge on any atom is 0.326 e. The van der Waals surface area contributed by atoms with Gasteiger partial charge in [0.25, 0.3) is 0 Å². The van der Waals surface area contributed by atoms with Crippen LogP contribution in [0.5, 0.6) is 0 Å². The number of nitrogens with zero attached hydrogens (tertiary/aromatic N) is 1. The van der Waals surface area contributed by atoms with Gasteiger partial charge in [0.2, 0.25) is 5.91 Å². The number of rotatable bonds is 5. The lowest BCUT2D eigenvalue weighted by atomic mass is 10.2. The maximum atomic E-state index is 11.9. The largest absolute Gasteiger partial charge is 0.480 e. The molecule has 0 unspecified atom stereocenters. The quantitative estimate of drug-likeness (QED) is 0.770. The molecule has 1 aliphatic rings. The minimum atomic E-state index is -0.928. The predicted molar refractivity (Wildman–Crippen MR) is 70.6 cm³/mol. The van der Waals surface area contributed by atoms with Gasteiger partial charge in [0.05, 0.1) is 6.04 Å². The van der Waals surface area contributed by atoms with Crippen LogP contribution in [0.15, 0.2) is 0 Å². The molecule has 17 heavy (non-hydrogen) atoms. The number of aliphatic carboxylic acids is 1. The molecule has 0 spiro atoms. The number of carbonyl (C=O) groups excluding carboxylic acids is 1. The summed E-state index contributed by atoms with van der Waals surface area (Å²) in [6.07, 6.45) is 3.84. The molecule has 100 valence electrons. The van der Waals surface area contributed by atoms with Gasteiger partial charge in [-0.3, -0.25) is 4.79 Å². The Morgan fingerprint density at radius 1 is 1.59 bits per heavy atom. The lowest BCUT2D eigenvalue weighted by Gasteiger charge is -2.24. The highest BCUT2D eigenvalue weighted by molar-refractivity contribution is 7.98. The van der Waals surface area contributed by atoms with Gasteiger partial charge in [-0.1, -0.05) is 0 Å². The Morgan fingerprint density at radius 2 is 2.24 bits per heavy atom. The summed E-state index contributed by atoms with van der Waals surface area (Å²) >= 11 is 1.63. The third kappa shape index (κ3) is 4.37. The molecule has 0 radical (unpaired) electrons. The van der Waals surface area contributed by atoms with E-state index in [2.05, 4.69) is 0 Å². The number of carboxylic acid groups (broad SMARTS) is 1. The van der Waals surface area contributed by atoms with Crippen LogP contribution in [-0.2, 0) is 9.59 Å². The molecule has 1 amide bonds. The van der Waals surface area contributed by atoms with Gasteiger partial charge in [-0.25, -0.2) is 4.79 Å². The zero-order valence-corrected chi connectivity index (χ0v) is 11.4. The van der Waals surface area contributed by atoms with Crippen LogP contribution in [0.1, 0.15) is 19.3 Å². The Balaban J connectivity index is 0.00000256. The Kier molecular flexibility index (Phi) is 7.58. The number of amides is 1. The number of carboxylic acids is 1. The summed E-state index contributed by atoms with van der Waals surface area (Å²) in [5.41, 5.74) is 5.75. The second-order valence-corrected chi connectivity index (χ2v) is 4.90. The molecule has 0 aromatic carbocycles. The second-order valence-electron chi connectivity index (χ2n) is 3.92. The van der Waals surface area contributed by atoms with Crippen molar-refractivity contribution in [2.75, 3.05) is 18.6 Å². The molecule has 0 aromatic heterocycles. The molecule has 0 saturated carbocycles. The van der Waals surface area contributed by atoms with Crippen molar-refractivity contribution in [2.45, 2.75) is 31.3 Å². The SMILES string of the molecule is CSCC[C@H](N)C(=O)N1CCC[C@H]1C(=O)O.Cl. The van der Waals surface area contributed by atoms with E-state index < -0.39 is 18.1 Å². The molecule has 1 saturated heterocycles. The van der Waals surface area contributed by atoms with E-state index in [0.29, 0.717) is 19.4 Å². The monoisotopic (exact) mass is 282 g/mol. The highest BCUT2D eigenvalue weighted by Gasteiger charge is 2.35. The topological polar surface area (TPSA) is 83.6 Å². The van der Waals surface area contributed by atoms with Gasteiger partial charge in [0, 0.05) is 6.54 Å². The van der Waals surface area contributed by atoms with Gasteiger partial charge in [0.1, 0.15) is 6.04 Å². The minimum absolute atomic E-state index is 0. The van der Waals surface area contributed by atoms with Crippen LogP contribution < -0.4 is 5.73 Å². The number of carbonyl (C=O) groups is 2. The van der Waals surface area contributed by atoms with Crippen LogP contribution in [-0.4, -0.2) is 52.5 Å². The number of halogens is 1. The summed E-state index contributed by atoms with van der Waals surface area (Å²) in [6.45, 7) is 0.517. The van der Waals surface area contributed by atoms with E-state index in [1.165, 1.54) is 4.90 Å². The van der Waals surface area contributed by atoms with Gasteiger partial charge in [-0.15, -0.1) is 12.4 Å². The summed E-state index contributed by atoms with van der Waals surface area (Å²) in [5, 5.41) is 8.95. The van der Waals surface area contributed by atoms with Crippen molar-refractivity contribution in [1.29, 1.82) is 0 Å². The zero-order chi connectivity index (χ0) is 12.1. The van der Waals surface area contributed by atoms with Crippen LogP contribution in [0, 0.1) is 0 Å². The smallest absolute Gasteiger partial charge is 0.326 e. The molecule has 5 nitrogen and oxygen atoms in total. The molecule has 0 aromatic rings. The molecule has 1 aliphatic heterocycles. The Morgan fingerprint density at radius 3 is 2.76 bits per heavy atom. The average molecular weight is 283 g/mol. The summed E-state index contributed by atoms with van der Waals surface area (Å²) in [6, 6.07) is -1.24. The summed E-state index contributed by atoms with van der Waals surface area (Å²) < 4.78 is 0. The van der Waals surface area contributed by atoms with Crippen LogP contribution in [0.3, 0.4) is 0 Å². The second kappa shape index (κ2) is 7.79. The number of likely N-dealkylation sites (tertiary alicyclic amines) is 1. The first kappa shape index (κ1) is 16.5. The van der Waals surface area contributed by atoms with Crippen molar-refractivity contribution in [3.05, 3.63) is 0 Å². The third-order valence-electron chi connectivity index (χ3n) is 2.77. The standard InChI is InChI=1S/C10H18N2O3S.ClH/c1-16-6-4-7(11)9(13)12-5-2-3-8(12)10(14)15;/h7-8H,2-6,11H2,1H3,(H,14,15);1H/t7-,8-;/m0./s1. The minimum Gasteiger partial charge on any atom is -0.480 e. The first-order valence-corrected chi connectivity index (χ1v) is 6.75. The van der Waals surface area contributed by atoms with E-state index in [9.17, 15) is 9.59 Å². The molecular formula is C10H19ClN2O3S. The molecule has 0 bridgehead atoms. The zero-order valence-electron chi connectivity index (χ0n) is 9.80. The molecule has 3 N–H and O–H groups in total. The highest BCUT2D eigenvalue weighted by atomic mass is 35.5. The van der Waals surface area contributed by atoms with Gasteiger partial charge < -0.3 is 15.7 Å². The molecule has 1 heterocycles. The van der Waals surface area contributed by atoms with Crippen molar-refractivity contribution in [1.82, 2.24) is 4.90 Å². The first-order chi connectivity index (χ1) is 7.57. The van der Waals surface area contributed by atoms with Gasteiger partial charge in [-0.05, 0) is 31.3 Å². The molecule has 2 atom stereocenters. The normalized spacial score (nSPS) is 20.8. The van der Waals surface area contributed by atoms with Crippen molar-refractivity contribution >= 4 is 36.0 Å². The lowest BCUT2D eigenvalue weighted by molar-refractivity contribution is -0.148. The van der Waals surface area contributed by atoms with E-state index in [4.69, 9.17) is 10.8 Å². The molecule has 0 aliphatic carbocycles. The van der Waals surface area contributed by atoms with E-state index in [1.807, 2.05) is 6.26 Å². The number of thioether (sulfide) groups is 1. The van der Waals surface area contributed by atoms with Gasteiger partial charge in [0.15, 0.2) is 0 Å². The number of hydrogen-bond donors (Lipinski definition) is 2. The van der Waals surface area contributed by atoms with Crippen LogP contribution in [0.2, 0.25) is 0 Å². The average Bonchev–Trinajstić information content (AvgIpc) is 2.73.